The molecule has 0 fully saturated rings. The number of nitrogens with zero attached hydrogens (tertiary/aromatic N) is 2. The van der Waals surface area contributed by atoms with E-state index in [9.17, 15) is 18.0 Å². The first-order chi connectivity index (χ1) is 6.86. The second-order valence-electron chi connectivity index (χ2n) is 2.32. The third kappa shape index (κ3) is 2.41. The van der Waals surface area contributed by atoms with Crippen LogP contribution in [-0.2, 0) is 6.18 Å². The van der Waals surface area contributed by atoms with Crippen molar-refractivity contribution in [1.82, 2.24) is 9.97 Å². The summed E-state index contributed by atoms with van der Waals surface area (Å²) in [5.74, 6) is -2.09. The van der Waals surface area contributed by atoms with E-state index >= 15 is 0 Å². The van der Waals surface area contributed by atoms with Crippen molar-refractivity contribution in [3.63, 3.8) is 0 Å². The highest BCUT2D eigenvalue weighted by atomic mass is 32.2. The maximum atomic E-state index is 12.1. The Bertz CT molecular complexity index is 475. The number of rotatable bonds is 1. The van der Waals surface area contributed by atoms with Crippen molar-refractivity contribution in [2.45, 2.75) is 11.1 Å². The maximum absolute atomic E-state index is 12.1. The van der Waals surface area contributed by atoms with Gasteiger partial charge in [0.1, 0.15) is 16.1 Å². The minimum atomic E-state index is -4.77. The van der Waals surface area contributed by atoms with Crippen LogP contribution in [0.25, 0.3) is 0 Å². The number of thiocyanates is 1. The maximum Gasteiger partial charge on any atom is 0.449 e. The smallest absolute Gasteiger partial charge is 0.382 e. The summed E-state index contributed by atoms with van der Waals surface area (Å²) >= 11 is 0.355. The van der Waals surface area contributed by atoms with Gasteiger partial charge >= 0.3 is 6.18 Å². The van der Waals surface area contributed by atoms with Gasteiger partial charge in [0.25, 0.3) is 5.56 Å². The molecule has 0 unspecified atom stereocenters. The number of nitrogen functional groups attached to an aromatic ring is 1. The lowest BCUT2D eigenvalue weighted by Crippen LogP contribution is -2.21. The summed E-state index contributed by atoms with van der Waals surface area (Å²) in [6, 6.07) is 0. The van der Waals surface area contributed by atoms with Crippen molar-refractivity contribution in [1.29, 1.82) is 5.26 Å². The molecule has 1 aromatic heterocycles. The minimum absolute atomic E-state index is 0.342. The SMILES string of the molecule is N#CSc1c(N)nc(C(F)(F)F)[nH]c1=O. The van der Waals surface area contributed by atoms with Gasteiger partial charge in [0.15, 0.2) is 0 Å². The number of hydrogen-bond acceptors (Lipinski definition) is 5. The van der Waals surface area contributed by atoms with Crippen LogP contribution in [-0.4, -0.2) is 9.97 Å². The fourth-order valence-corrected chi connectivity index (χ4v) is 1.14. The fourth-order valence-electron chi connectivity index (χ4n) is 0.758. The Hall–Kier alpha value is -1.69. The zero-order chi connectivity index (χ0) is 11.6. The zero-order valence-electron chi connectivity index (χ0n) is 6.92. The van der Waals surface area contributed by atoms with Crippen LogP contribution >= 0.6 is 11.8 Å². The molecule has 80 valence electrons. The van der Waals surface area contributed by atoms with E-state index in [1.54, 1.807) is 0 Å². The van der Waals surface area contributed by atoms with Crippen LogP contribution in [0.4, 0.5) is 19.0 Å². The van der Waals surface area contributed by atoms with E-state index in [4.69, 9.17) is 11.0 Å². The lowest BCUT2D eigenvalue weighted by atomic mass is 10.5. The summed E-state index contributed by atoms with van der Waals surface area (Å²) in [5.41, 5.74) is 4.02. The number of anilines is 1. The number of thioether (sulfide) groups is 1. The minimum Gasteiger partial charge on any atom is -0.382 e. The highest BCUT2D eigenvalue weighted by molar-refractivity contribution is 8.03. The van der Waals surface area contributed by atoms with Gasteiger partial charge < -0.3 is 10.7 Å². The van der Waals surface area contributed by atoms with Crippen LogP contribution in [0.5, 0.6) is 0 Å². The second kappa shape index (κ2) is 3.82. The molecule has 0 aliphatic carbocycles. The van der Waals surface area contributed by atoms with Gasteiger partial charge in [0.05, 0.1) is 0 Å². The van der Waals surface area contributed by atoms with Gasteiger partial charge in [-0.1, -0.05) is 0 Å². The predicted molar refractivity (Wildman–Crippen MR) is 45.7 cm³/mol. The Balaban J connectivity index is 3.34. The van der Waals surface area contributed by atoms with Crippen molar-refractivity contribution >= 4 is 17.6 Å². The first-order valence-electron chi connectivity index (χ1n) is 3.39. The van der Waals surface area contributed by atoms with Crippen LogP contribution in [0, 0.1) is 10.7 Å². The van der Waals surface area contributed by atoms with E-state index in [1.807, 2.05) is 0 Å². The van der Waals surface area contributed by atoms with Gasteiger partial charge in [-0.05, 0) is 11.8 Å². The van der Waals surface area contributed by atoms with Crippen LogP contribution in [0.2, 0.25) is 0 Å². The molecule has 0 atom stereocenters. The summed E-state index contributed by atoms with van der Waals surface area (Å²) in [4.78, 5) is 15.2. The number of alkyl halides is 3. The number of aromatic nitrogens is 2. The van der Waals surface area contributed by atoms with Gasteiger partial charge in [-0.2, -0.15) is 18.4 Å². The Morgan fingerprint density at radius 2 is 2.13 bits per heavy atom. The van der Waals surface area contributed by atoms with Gasteiger partial charge in [0.2, 0.25) is 5.82 Å². The number of nitrogens with one attached hydrogen (secondary N) is 1. The van der Waals surface area contributed by atoms with E-state index in [0.717, 1.165) is 0 Å². The molecule has 5 nitrogen and oxygen atoms in total. The number of nitrogens with two attached hydrogens (primary N) is 1. The van der Waals surface area contributed by atoms with E-state index in [0.29, 0.717) is 11.8 Å². The largest absolute Gasteiger partial charge is 0.449 e. The molecule has 1 heterocycles. The second-order valence-corrected chi connectivity index (χ2v) is 3.11. The topological polar surface area (TPSA) is 95.6 Å². The highest BCUT2D eigenvalue weighted by Crippen LogP contribution is 2.27. The number of hydrogen-bond donors (Lipinski definition) is 2. The Labute approximate surface area is 85.1 Å². The lowest BCUT2D eigenvalue weighted by Gasteiger charge is -2.06. The molecule has 0 radical (unpaired) electrons. The molecule has 0 saturated heterocycles. The van der Waals surface area contributed by atoms with Gasteiger partial charge in [-0.3, -0.25) is 4.79 Å². The standard InChI is InChI=1S/C6H3F3N4OS/c7-6(8,9)5-12-3(11)2(15-1-10)4(14)13-5/h(H3,11,12,13,14). The molecule has 0 aliphatic rings. The third-order valence-corrected chi connectivity index (χ3v) is 2.01. The molecular weight excluding hydrogens is 233 g/mol. The van der Waals surface area contributed by atoms with E-state index in [1.165, 1.54) is 10.4 Å². The van der Waals surface area contributed by atoms with Crippen molar-refractivity contribution in [3.8, 4) is 5.40 Å². The Morgan fingerprint density at radius 3 is 2.53 bits per heavy atom. The lowest BCUT2D eigenvalue weighted by molar-refractivity contribution is -0.145. The zero-order valence-corrected chi connectivity index (χ0v) is 7.74. The molecule has 0 bridgehead atoms. The molecule has 1 rings (SSSR count). The average Bonchev–Trinajstić information content (AvgIpc) is 2.09. The van der Waals surface area contributed by atoms with E-state index in [-0.39, 0.29) is 4.90 Å². The molecule has 3 N–H and O–H groups in total. The Kier molecular flexibility index (Phi) is 2.90. The number of aromatic amines is 1. The fraction of sp³-hybridized carbons (Fsp3) is 0.167. The summed E-state index contributed by atoms with van der Waals surface area (Å²) in [7, 11) is 0. The Morgan fingerprint density at radius 1 is 1.53 bits per heavy atom. The molecular formula is C6H3F3N4OS. The molecule has 1 aromatic rings. The molecule has 0 aromatic carbocycles. The predicted octanol–water partition coefficient (Wildman–Crippen LogP) is 0.944. The summed E-state index contributed by atoms with van der Waals surface area (Å²) < 4.78 is 36.3. The summed E-state index contributed by atoms with van der Waals surface area (Å²) in [6.07, 6.45) is -4.77. The van der Waals surface area contributed by atoms with Gasteiger partial charge in [0, 0.05) is 0 Å². The molecule has 0 saturated carbocycles. The first kappa shape index (κ1) is 11.4. The van der Waals surface area contributed by atoms with Crippen LogP contribution in [0.15, 0.2) is 9.69 Å². The normalized spacial score (nSPS) is 11.1. The van der Waals surface area contributed by atoms with E-state index in [2.05, 4.69) is 4.98 Å². The van der Waals surface area contributed by atoms with Crippen molar-refractivity contribution in [2.24, 2.45) is 0 Å². The van der Waals surface area contributed by atoms with Gasteiger partial charge in [-0.25, -0.2) is 4.98 Å². The van der Waals surface area contributed by atoms with Crippen LogP contribution in [0.1, 0.15) is 5.82 Å². The van der Waals surface area contributed by atoms with Crippen LogP contribution in [0.3, 0.4) is 0 Å². The molecule has 15 heavy (non-hydrogen) atoms. The van der Waals surface area contributed by atoms with Crippen LogP contribution < -0.4 is 11.3 Å². The van der Waals surface area contributed by atoms with Crippen molar-refractivity contribution < 1.29 is 13.2 Å². The molecule has 0 amide bonds. The quantitative estimate of drug-likeness (QED) is 0.559. The van der Waals surface area contributed by atoms with Gasteiger partial charge in [-0.15, -0.1) is 0 Å². The molecule has 0 aliphatic heterocycles. The van der Waals surface area contributed by atoms with Crippen molar-refractivity contribution in [2.75, 3.05) is 5.73 Å². The number of H-pyrrole nitrogens is 1. The highest BCUT2D eigenvalue weighted by Gasteiger charge is 2.35. The average molecular weight is 236 g/mol. The third-order valence-electron chi connectivity index (χ3n) is 1.32. The molecule has 9 heteroatoms. The number of nitriles is 1. The van der Waals surface area contributed by atoms with E-state index < -0.39 is 23.4 Å². The number of halogens is 3. The summed E-state index contributed by atoms with van der Waals surface area (Å²) in [6.45, 7) is 0. The molecule has 0 spiro atoms. The van der Waals surface area contributed by atoms with Crippen molar-refractivity contribution in [3.05, 3.63) is 16.2 Å². The monoisotopic (exact) mass is 236 g/mol. The first-order valence-corrected chi connectivity index (χ1v) is 4.21. The summed E-state index contributed by atoms with van der Waals surface area (Å²) in [5, 5.41) is 9.77.